The van der Waals surface area contributed by atoms with Crippen molar-refractivity contribution in [2.75, 3.05) is 11.4 Å². The van der Waals surface area contributed by atoms with E-state index in [4.69, 9.17) is 23.2 Å². The summed E-state index contributed by atoms with van der Waals surface area (Å²) >= 11 is 15.2. The molecule has 1 aliphatic rings. The molecule has 0 bridgehead atoms. The summed E-state index contributed by atoms with van der Waals surface area (Å²) in [6, 6.07) is 4.55. The number of amides is 1. The normalized spacial score (nSPS) is 19.8. The van der Waals surface area contributed by atoms with E-state index in [0.717, 1.165) is 12.8 Å². The molecule has 1 amide bonds. The maximum absolute atomic E-state index is 13.9. The number of carbonyl (C=O) groups excluding carboxylic acids is 1. The minimum Gasteiger partial charge on any atom is -0.307 e. The van der Waals surface area contributed by atoms with Crippen LogP contribution in [0.25, 0.3) is 0 Å². The SMILES string of the molecule is O=C1N(c2ccc(Br)cc2F)CCCCC1(Cl)Cl. The predicted octanol–water partition coefficient (Wildman–Crippen LogP) is 4.28. The van der Waals surface area contributed by atoms with Crippen LogP contribution in [0.3, 0.4) is 0 Å². The second-order valence-electron chi connectivity index (χ2n) is 4.21. The molecular formula is C12H11BrCl2FNO. The van der Waals surface area contributed by atoms with Crippen molar-refractivity contribution in [2.45, 2.75) is 23.6 Å². The lowest BCUT2D eigenvalue weighted by Crippen LogP contribution is -2.41. The predicted molar refractivity (Wildman–Crippen MR) is 74.7 cm³/mol. The maximum atomic E-state index is 13.9. The van der Waals surface area contributed by atoms with Crippen LogP contribution >= 0.6 is 39.1 Å². The smallest absolute Gasteiger partial charge is 0.263 e. The number of carbonyl (C=O) groups is 1. The van der Waals surface area contributed by atoms with Crippen molar-refractivity contribution >= 4 is 50.7 Å². The van der Waals surface area contributed by atoms with Gasteiger partial charge in [0, 0.05) is 11.0 Å². The molecule has 2 rings (SSSR count). The Bertz CT molecular complexity index is 481. The molecule has 6 heteroatoms. The minimum atomic E-state index is -1.46. The third-order valence-corrected chi connectivity index (χ3v) is 4.08. The van der Waals surface area contributed by atoms with Crippen LogP contribution in [0.1, 0.15) is 19.3 Å². The van der Waals surface area contributed by atoms with E-state index in [1.807, 2.05) is 0 Å². The first kappa shape index (κ1) is 14.1. The van der Waals surface area contributed by atoms with Crippen LogP contribution in [0.5, 0.6) is 0 Å². The van der Waals surface area contributed by atoms with Crippen molar-refractivity contribution in [3.8, 4) is 0 Å². The van der Waals surface area contributed by atoms with Gasteiger partial charge in [0.25, 0.3) is 5.91 Å². The molecule has 0 N–H and O–H groups in total. The fourth-order valence-electron chi connectivity index (χ4n) is 1.95. The van der Waals surface area contributed by atoms with Gasteiger partial charge in [0.2, 0.25) is 0 Å². The Morgan fingerprint density at radius 1 is 1.33 bits per heavy atom. The first-order valence-corrected chi connectivity index (χ1v) is 7.11. The number of rotatable bonds is 1. The van der Waals surface area contributed by atoms with Gasteiger partial charge in [-0.05, 0) is 37.5 Å². The highest BCUT2D eigenvalue weighted by Gasteiger charge is 2.40. The quantitative estimate of drug-likeness (QED) is 0.689. The molecule has 1 aromatic carbocycles. The summed E-state index contributed by atoms with van der Waals surface area (Å²) in [6.07, 6.45) is 1.89. The number of nitrogens with zero attached hydrogens (tertiary/aromatic N) is 1. The fraction of sp³-hybridized carbons (Fsp3) is 0.417. The summed E-state index contributed by atoms with van der Waals surface area (Å²) in [5.74, 6) is -0.923. The lowest BCUT2D eigenvalue weighted by Gasteiger charge is -2.26. The number of benzene rings is 1. The highest BCUT2D eigenvalue weighted by molar-refractivity contribution is 9.10. The van der Waals surface area contributed by atoms with Gasteiger partial charge in [-0.1, -0.05) is 39.1 Å². The number of anilines is 1. The molecule has 1 aromatic rings. The van der Waals surface area contributed by atoms with Gasteiger partial charge in [-0.3, -0.25) is 4.79 Å². The van der Waals surface area contributed by atoms with Crippen molar-refractivity contribution in [1.29, 1.82) is 0 Å². The van der Waals surface area contributed by atoms with Crippen LogP contribution < -0.4 is 4.90 Å². The summed E-state index contributed by atoms with van der Waals surface area (Å²) in [5.41, 5.74) is 0.218. The molecule has 1 aliphatic heterocycles. The van der Waals surface area contributed by atoms with E-state index in [0.29, 0.717) is 17.4 Å². The summed E-state index contributed by atoms with van der Waals surface area (Å²) in [7, 11) is 0. The number of alkyl halides is 2. The second kappa shape index (κ2) is 5.35. The Labute approximate surface area is 123 Å². The first-order valence-electron chi connectivity index (χ1n) is 5.57. The van der Waals surface area contributed by atoms with E-state index in [1.165, 1.54) is 11.0 Å². The monoisotopic (exact) mass is 353 g/mol. The van der Waals surface area contributed by atoms with Crippen LogP contribution in [-0.2, 0) is 4.79 Å². The van der Waals surface area contributed by atoms with Gasteiger partial charge in [0.05, 0.1) is 5.69 Å². The zero-order valence-electron chi connectivity index (χ0n) is 9.43. The zero-order valence-corrected chi connectivity index (χ0v) is 12.5. The Kier molecular flexibility index (Phi) is 4.19. The van der Waals surface area contributed by atoms with E-state index >= 15 is 0 Å². The van der Waals surface area contributed by atoms with Crippen molar-refractivity contribution in [1.82, 2.24) is 0 Å². The van der Waals surface area contributed by atoms with E-state index in [2.05, 4.69) is 15.9 Å². The van der Waals surface area contributed by atoms with Gasteiger partial charge in [0.15, 0.2) is 4.33 Å². The molecule has 0 radical (unpaired) electrons. The lowest BCUT2D eigenvalue weighted by atomic mass is 10.2. The molecule has 0 aliphatic carbocycles. The molecule has 0 spiro atoms. The topological polar surface area (TPSA) is 20.3 Å². The molecule has 1 fully saturated rings. The fourth-order valence-corrected chi connectivity index (χ4v) is 2.76. The van der Waals surface area contributed by atoms with Crippen molar-refractivity contribution in [3.63, 3.8) is 0 Å². The van der Waals surface area contributed by atoms with E-state index in [1.54, 1.807) is 12.1 Å². The van der Waals surface area contributed by atoms with Gasteiger partial charge < -0.3 is 4.90 Å². The summed E-state index contributed by atoms with van der Waals surface area (Å²) in [4.78, 5) is 13.5. The van der Waals surface area contributed by atoms with Crippen molar-refractivity contribution in [2.24, 2.45) is 0 Å². The van der Waals surface area contributed by atoms with Crippen LogP contribution in [-0.4, -0.2) is 16.8 Å². The Morgan fingerprint density at radius 2 is 2.06 bits per heavy atom. The molecule has 1 saturated heterocycles. The standard InChI is InChI=1S/C12H11BrCl2FNO/c13-8-3-4-10(9(16)7-8)17-6-2-1-5-12(14,15)11(17)18/h3-4,7H,1-2,5-6H2. The van der Waals surface area contributed by atoms with Gasteiger partial charge in [-0.15, -0.1) is 0 Å². The number of hydrogen-bond acceptors (Lipinski definition) is 1. The third-order valence-electron chi connectivity index (χ3n) is 2.88. The Hall–Kier alpha value is -0.320. The van der Waals surface area contributed by atoms with Crippen LogP contribution in [0.4, 0.5) is 10.1 Å². The van der Waals surface area contributed by atoms with Crippen LogP contribution in [0.2, 0.25) is 0 Å². The summed E-state index contributed by atoms with van der Waals surface area (Å²) in [5, 5.41) is 0. The maximum Gasteiger partial charge on any atom is 0.263 e. The molecular weight excluding hydrogens is 344 g/mol. The lowest BCUT2D eigenvalue weighted by molar-refractivity contribution is -0.119. The minimum absolute atomic E-state index is 0.218. The molecule has 0 atom stereocenters. The molecule has 1 heterocycles. The second-order valence-corrected chi connectivity index (χ2v) is 6.61. The molecule has 0 saturated carbocycles. The first-order chi connectivity index (χ1) is 8.42. The third kappa shape index (κ3) is 2.81. The average molecular weight is 355 g/mol. The largest absolute Gasteiger partial charge is 0.307 e. The van der Waals surface area contributed by atoms with E-state index < -0.39 is 16.1 Å². The van der Waals surface area contributed by atoms with Gasteiger partial charge >= 0.3 is 0 Å². The van der Waals surface area contributed by atoms with E-state index in [9.17, 15) is 9.18 Å². The molecule has 2 nitrogen and oxygen atoms in total. The Balaban J connectivity index is 2.39. The van der Waals surface area contributed by atoms with Crippen LogP contribution in [0.15, 0.2) is 22.7 Å². The van der Waals surface area contributed by atoms with Gasteiger partial charge in [-0.2, -0.15) is 0 Å². The summed E-state index contributed by atoms with van der Waals surface area (Å²) < 4.78 is 13.0. The van der Waals surface area contributed by atoms with E-state index in [-0.39, 0.29) is 5.69 Å². The van der Waals surface area contributed by atoms with Crippen LogP contribution in [0, 0.1) is 5.82 Å². The molecule has 0 unspecified atom stereocenters. The highest BCUT2D eigenvalue weighted by atomic mass is 79.9. The highest BCUT2D eigenvalue weighted by Crippen LogP contribution is 2.35. The molecule has 98 valence electrons. The molecule has 0 aromatic heterocycles. The van der Waals surface area contributed by atoms with Crippen molar-refractivity contribution in [3.05, 3.63) is 28.5 Å². The van der Waals surface area contributed by atoms with Gasteiger partial charge in [0.1, 0.15) is 5.82 Å². The number of hydrogen-bond donors (Lipinski definition) is 0. The number of halogens is 4. The van der Waals surface area contributed by atoms with Crippen molar-refractivity contribution < 1.29 is 9.18 Å². The summed E-state index contributed by atoms with van der Waals surface area (Å²) in [6.45, 7) is 0.429. The average Bonchev–Trinajstić information content (AvgIpc) is 2.41. The van der Waals surface area contributed by atoms with Gasteiger partial charge in [-0.25, -0.2) is 4.39 Å². The zero-order chi connectivity index (χ0) is 13.3. The molecule has 18 heavy (non-hydrogen) atoms. The Morgan fingerprint density at radius 3 is 2.72 bits per heavy atom.